The van der Waals surface area contributed by atoms with E-state index in [9.17, 15) is 4.79 Å². The molecule has 0 bridgehead atoms. The molecule has 1 aromatic heterocycles. The number of hydrogen-bond acceptors (Lipinski definition) is 4. The molecule has 0 unspecified atom stereocenters. The van der Waals surface area contributed by atoms with Crippen LogP contribution in [0.2, 0.25) is 0 Å². The Bertz CT molecular complexity index is 700. The van der Waals surface area contributed by atoms with Crippen LogP contribution in [-0.2, 0) is 12.8 Å². The van der Waals surface area contributed by atoms with E-state index in [-0.39, 0.29) is 5.91 Å². The van der Waals surface area contributed by atoms with Crippen LogP contribution >= 0.6 is 11.3 Å². The van der Waals surface area contributed by atoms with Crippen LogP contribution in [0.1, 0.15) is 46.3 Å². The lowest BCUT2D eigenvalue weighted by Crippen LogP contribution is -2.10. The summed E-state index contributed by atoms with van der Waals surface area (Å²) in [5.41, 5.74) is 2.07. The van der Waals surface area contributed by atoms with Crippen LogP contribution in [0.15, 0.2) is 24.3 Å². The number of methoxy groups -OCH3 is 1. The Kier molecular flexibility index (Phi) is 5.41. The number of thiophene rings is 1. The lowest BCUT2D eigenvalue weighted by atomic mass is 10.1. The van der Waals surface area contributed by atoms with Crippen LogP contribution in [-0.4, -0.2) is 19.6 Å². The van der Waals surface area contributed by atoms with Crippen molar-refractivity contribution in [3.05, 3.63) is 39.6 Å². The molecule has 3 rings (SSSR count). The van der Waals surface area contributed by atoms with Gasteiger partial charge in [-0.1, -0.05) is 6.42 Å². The smallest absolute Gasteiger partial charge is 0.265 e. The first-order valence-corrected chi connectivity index (χ1v) is 9.26. The molecule has 0 atom stereocenters. The van der Waals surface area contributed by atoms with E-state index in [0.29, 0.717) is 23.8 Å². The third-order valence-corrected chi connectivity index (χ3v) is 5.43. The zero-order valence-electron chi connectivity index (χ0n) is 14.2. The topological polar surface area (TPSA) is 47.6 Å². The largest absolute Gasteiger partial charge is 0.493 e. The minimum absolute atomic E-state index is 0.0562. The van der Waals surface area contributed by atoms with Gasteiger partial charge in [0.25, 0.3) is 5.91 Å². The first-order valence-electron chi connectivity index (χ1n) is 8.45. The maximum atomic E-state index is 12.6. The monoisotopic (exact) mass is 345 g/mol. The van der Waals surface area contributed by atoms with Crippen molar-refractivity contribution in [2.45, 2.75) is 39.0 Å². The minimum atomic E-state index is -0.0562. The van der Waals surface area contributed by atoms with Crippen LogP contribution in [0.3, 0.4) is 0 Å². The average molecular weight is 345 g/mol. The van der Waals surface area contributed by atoms with Crippen LogP contribution in [0.25, 0.3) is 0 Å². The van der Waals surface area contributed by atoms with Crippen molar-refractivity contribution >= 4 is 22.9 Å². The lowest BCUT2D eigenvalue weighted by Gasteiger charge is -2.11. The molecule has 5 heteroatoms. The predicted octanol–water partition coefficient (Wildman–Crippen LogP) is 4.68. The third kappa shape index (κ3) is 3.73. The summed E-state index contributed by atoms with van der Waals surface area (Å²) in [6.07, 6.45) is 5.93. The Morgan fingerprint density at radius 3 is 2.79 bits per heavy atom. The van der Waals surface area contributed by atoms with E-state index in [1.54, 1.807) is 24.5 Å². The van der Waals surface area contributed by atoms with Crippen molar-refractivity contribution in [2.75, 3.05) is 19.0 Å². The molecule has 0 fully saturated rings. The van der Waals surface area contributed by atoms with Crippen molar-refractivity contribution in [1.82, 2.24) is 0 Å². The number of benzene rings is 1. The van der Waals surface area contributed by atoms with E-state index >= 15 is 0 Å². The fourth-order valence-electron chi connectivity index (χ4n) is 2.99. The van der Waals surface area contributed by atoms with Crippen molar-refractivity contribution in [1.29, 1.82) is 0 Å². The van der Waals surface area contributed by atoms with Crippen molar-refractivity contribution < 1.29 is 14.3 Å². The van der Waals surface area contributed by atoms with Gasteiger partial charge in [0, 0.05) is 16.6 Å². The predicted molar refractivity (Wildman–Crippen MR) is 97.7 cm³/mol. The number of carbonyl (C=O) groups excluding carboxylic acids is 1. The van der Waals surface area contributed by atoms with E-state index < -0.39 is 0 Å². The van der Waals surface area contributed by atoms with Gasteiger partial charge < -0.3 is 14.8 Å². The van der Waals surface area contributed by atoms with Gasteiger partial charge in [0.1, 0.15) is 0 Å². The second-order valence-corrected chi connectivity index (χ2v) is 7.01. The first-order chi connectivity index (χ1) is 11.7. The van der Waals surface area contributed by atoms with E-state index in [1.807, 2.05) is 19.1 Å². The number of hydrogen-bond donors (Lipinski definition) is 1. The summed E-state index contributed by atoms with van der Waals surface area (Å²) in [5.74, 6) is 1.25. The second kappa shape index (κ2) is 7.71. The Morgan fingerprint density at radius 1 is 1.17 bits per heavy atom. The molecule has 4 nitrogen and oxygen atoms in total. The lowest BCUT2D eigenvalue weighted by molar-refractivity contribution is 0.103. The van der Waals surface area contributed by atoms with Crippen molar-refractivity contribution in [2.24, 2.45) is 0 Å². The maximum Gasteiger partial charge on any atom is 0.265 e. The molecule has 1 N–H and O–H groups in total. The molecule has 128 valence electrons. The van der Waals surface area contributed by atoms with Gasteiger partial charge in [-0.3, -0.25) is 4.79 Å². The van der Waals surface area contributed by atoms with Gasteiger partial charge in [-0.15, -0.1) is 11.3 Å². The summed E-state index contributed by atoms with van der Waals surface area (Å²) in [7, 11) is 1.60. The van der Waals surface area contributed by atoms with E-state index in [1.165, 1.54) is 29.7 Å². The van der Waals surface area contributed by atoms with E-state index in [4.69, 9.17) is 9.47 Å². The summed E-state index contributed by atoms with van der Waals surface area (Å²) < 4.78 is 10.8. The minimum Gasteiger partial charge on any atom is -0.493 e. The highest BCUT2D eigenvalue weighted by Crippen LogP contribution is 2.32. The number of ether oxygens (including phenoxy) is 2. The summed E-state index contributed by atoms with van der Waals surface area (Å²) in [6.45, 7) is 2.50. The molecule has 1 aliphatic rings. The number of amides is 1. The SMILES string of the molecule is CCOc1ccc(NC(=O)c2cc3c(s2)CCCCC3)cc1OC. The van der Waals surface area contributed by atoms with Crippen LogP contribution in [0.4, 0.5) is 5.69 Å². The zero-order valence-corrected chi connectivity index (χ0v) is 15.0. The molecule has 24 heavy (non-hydrogen) atoms. The van der Waals surface area contributed by atoms with E-state index in [0.717, 1.165) is 17.7 Å². The highest BCUT2D eigenvalue weighted by atomic mass is 32.1. The zero-order chi connectivity index (χ0) is 16.9. The fraction of sp³-hybridized carbons (Fsp3) is 0.421. The van der Waals surface area contributed by atoms with Gasteiger partial charge in [-0.2, -0.15) is 0 Å². The van der Waals surface area contributed by atoms with Gasteiger partial charge in [0.05, 0.1) is 18.6 Å². The van der Waals surface area contributed by atoms with Gasteiger partial charge in [0.15, 0.2) is 11.5 Å². The standard InChI is InChI=1S/C19H23NO3S/c1-3-23-15-10-9-14(12-16(15)22-2)20-19(21)18-11-13-7-5-4-6-8-17(13)24-18/h9-12H,3-8H2,1-2H3,(H,20,21). The molecule has 1 heterocycles. The molecule has 0 spiro atoms. The number of nitrogens with one attached hydrogen (secondary N) is 1. The number of aryl methyl sites for hydroxylation is 2. The molecule has 0 saturated heterocycles. The van der Waals surface area contributed by atoms with Crippen LogP contribution in [0.5, 0.6) is 11.5 Å². The Balaban J connectivity index is 1.75. The summed E-state index contributed by atoms with van der Waals surface area (Å²) in [4.78, 5) is 14.7. The van der Waals surface area contributed by atoms with E-state index in [2.05, 4.69) is 11.4 Å². The van der Waals surface area contributed by atoms with Gasteiger partial charge in [-0.25, -0.2) is 0 Å². The highest BCUT2D eigenvalue weighted by molar-refractivity contribution is 7.14. The summed E-state index contributed by atoms with van der Waals surface area (Å²) in [6, 6.07) is 7.51. The molecular formula is C19H23NO3S. The number of carbonyl (C=O) groups is 1. The van der Waals surface area contributed by atoms with Gasteiger partial charge in [-0.05, 0) is 56.4 Å². The molecule has 0 aliphatic heterocycles. The Hall–Kier alpha value is -2.01. The number of rotatable bonds is 5. The Labute approximate surface area is 146 Å². The second-order valence-electron chi connectivity index (χ2n) is 5.87. The molecule has 2 aromatic rings. The quantitative estimate of drug-likeness (QED) is 0.801. The fourth-order valence-corrected chi connectivity index (χ4v) is 4.14. The Morgan fingerprint density at radius 2 is 2.00 bits per heavy atom. The molecular weight excluding hydrogens is 322 g/mol. The maximum absolute atomic E-state index is 12.6. The molecule has 1 aliphatic carbocycles. The third-order valence-electron chi connectivity index (χ3n) is 4.19. The molecule has 1 amide bonds. The number of anilines is 1. The number of fused-ring (bicyclic) bond motifs is 1. The van der Waals surface area contributed by atoms with Gasteiger partial charge in [0.2, 0.25) is 0 Å². The summed E-state index contributed by atoms with van der Waals surface area (Å²) >= 11 is 1.63. The molecule has 1 aromatic carbocycles. The van der Waals surface area contributed by atoms with Gasteiger partial charge >= 0.3 is 0 Å². The summed E-state index contributed by atoms with van der Waals surface area (Å²) in [5, 5.41) is 2.96. The van der Waals surface area contributed by atoms with Crippen molar-refractivity contribution in [3.63, 3.8) is 0 Å². The van der Waals surface area contributed by atoms with Crippen LogP contribution in [0, 0.1) is 0 Å². The molecule has 0 saturated carbocycles. The van der Waals surface area contributed by atoms with Crippen molar-refractivity contribution in [3.8, 4) is 11.5 Å². The first kappa shape index (κ1) is 16.8. The normalized spacial score (nSPS) is 13.8. The average Bonchev–Trinajstić information content (AvgIpc) is 2.87. The highest BCUT2D eigenvalue weighted by Gasteiger charge is 2.17. The molecule has 0 radical (unpaired) electrons. The van der Waals surface area contributed by atoms with Crippen LogP contribution < -0.4 is 14.8 Å².